The first-order valence-electron chi connectivity index (χ1n) is 12.7. The summed E-state index contributed by atoms with van der Waals surface area (Å²) in [5.41, 5.74) is 5.94. The van der Waals surface area contributed by atoms with Gasteiger partial charge < -0.3 is 14.0 Å². The van der Waals surface area contributed by atoms with E-state index < -0.39 is 6.04 Å². The second-order valence-corrected chi connectivity index (χ2v) is 9.96. The van der Waals surface area contributed by atoms with Crippen LogP contribution in [0.3, 0.4) is 0 Å². The van der Waals surface area contributed by atoms with Crippen molar-refractivity contribution in [3.05, 3.63) is 63.1 Å². The molecule has 188 valence electrons. The molecule has 0 spiro atoms. The van der Waals surface area contributed by atoms with Crippen LogP contribution in [0, 0.1) is 12.8 Å². The van der Waals surface area contributed by atoms with E-state index in [1.54, 1.807) is 18.7 Å². The lowest BCUT2D eigenvalue weighted by Gasteiger charge is -2.20. The highest BCUT2D eigenvalue weighted by molar-refractivity contribution is 6.04. The summed E-state index contributed by atoms with van der Waals surface area (Å²) < 4.78 is 12.6. The van der Waals surface area contributed by atoms with Crippen molar-refractivity contribution < 1.29 is 14.3 Å². The van der Waals surface area contributed by atoms with E-state index in [2.05, 4.69) is 30.4 Å². The minimum Gasteiger partial charge on any atom is -0.461 e. The first kappa shape index (κ1) is 25.3. The highest BCUT2D eigenvalue weighted by Gasteiger charge is 2.26. The van der Waals surface area contributed by atoms with Crippen LogP contribution in [0.1, 0.15) is 61.3 Å². The molecule has 2 aliphatic rings. The van der Waals surface area contributed by atoms with Crippen molar-refractivity contribution in [1.29, 1.82) is 0 Å². The average molecular weight is 480 g/mol. The van der Waals surface area contributed by atoms with E-state index in [1.807, 2.05) is 19.2 Å². The third-order valence-corrected chi connectivity index (χ3v) is 7.12. The van der Waals surface area contributed by atoms with Crippen LogP contribution in [0.15, 0.2) is 40.2 Å². The molecule has 1 aromatic carbocycles. The smallest absolute Gasteiger partial charge is 0.325 e. The Balaban J connectivity index is 1.53. The maximum Gasteiger partial charge on any atom is 0.325 e. The number of benzene rings is 1. The Morgan fingerprint density at radius 2 is 2.00 bits per heavy atom. The van der Waals surface area contributed by atoms with Crippen LogP contribution in [0.4, 0.5) is 5.69 Å². The topological polar surface area (TPSA) is 81.9 Å². The first-order chi connectivity index (χ1) is 16.9. The Kier molecular flexibility index (Phi) is 8.19. The molecule has 7 nitrogen and oxygen atoms in total. The Morgan fingerprint density at radius 3 is 2.71 bits per heavy atom. The predicted octanol–water partition coefficient (Wildman–Crippen LogP) is 3.99. The molecular formula is C28H37N3O4. The van der Waals surface area contributed by atoms with Gasteiger partial charge in [-0.05, 0) is 74.6 Å². The molecule has 1 fully saturated rings. The zero-order chi connectivity index (χ0) is 24.9. The maximum absolute atomic E-state index is 12.7. The summed E-state index contributed by atoms with van der Waals surface area (Å²) >= 11 is 0. The largest absolute Gasteiger partial charge is 0.461 e. The summed E-state index contributed by atoms with van der Waals surface area (Å²) in [4.78, 5) is 30.0. The molecule has 35 heavy (non-hydrogen) atoms. The number of hydrogen-bond acceptors (Lipinski definition) is 6. The fraction of sp³-hybridized carbons (Fsp3) is 0.536. The maximum atomic E-state index is 12.7. The molecule has 2 atom stereocenters. The quantitative estimate of drug-likeness (QED) is 0.579. The summed E-state index contributed by atoms with van der Waals surface area (Å²) in [6, 6.07) is 7.77. The van der Waals surface area contributed by atoms with Gasteiger partial charge in [0.05, 0.1) is 18.0 Å². The number of carbonyl (C=O) groups excluding carboxylic acids is 1. The van der Waals surface area contributed by atoms with Gasteiger partial charge in [-0.25, -0.2) is 0 Å². The Morgan fingerprint density at radius 1 is 1.23 bits per heavy atom. The zero-order valence-corrected chi connectivity index (χ0v) is 21.3. The van der Waals surface area contributed by atoms with Crippen molar-refractivity contribution in [2.75, 3.05) is 13.7 Å². The normalized spacial score (nSPS) is 19.1. The van der Waals surface area contributed by atoms with E-state index in [0.717, 1.165) is 66.6 Å². The summed E-state index contributed by atoms with van der Waals surface area (Å²) in [6.45, 7) is 4.82. The number of rotatable bonds is 8. The third kappa shape index (κ3) is 6.08. The molecule has 0 radical (unpaired) electrons. The minimum absolute atomic E-state index is 0.0152. The molecule has 2 aromatic rings. The number of hydrogen-bond donors (Lipinski definition) is 1. The number of nitrogens with zero attached hydrogens (tertiary/aromatic N) is 2. The van der Waals surface area contributed by atoms with Crippen LogP contribution >= 0.6 is 0 Å². The molecule has 1 aromatic heterocycles. The number of aryl methyl sites for hydroxylation is 3. The molecule has 1 N–H and O–H groups in total. The van der Waals surface area contributed by atoms with Crippen molar-refractivity contribution in [3.8, 4) is 0 Å². The van der Waals surface area contributed by atoms with Crippen LogP contribution < -0.4 is 10.9 Å². The lowest BCUT2D eigenvalue weighted by molar-refractivity contribution is -0.152. The number of nitrogens with one attached hydrogen (secondary N) is 1. The molecule has 1 saturated carbocycles. The number of fused-ring (bicyclic) bond motifs is 1. The van der Waals surface area contributed by atoms with E-state index in [1.165, 1.54) is 5.56 Å². The van der Waals surface area contributed by atoms with E-state index >= 15 is 0 Å². The van der Waals surface area contributed by atoms with E-state index in [0.29, 0.717) is 6.54 Å². The van der Waals surface area contributed by atoms with Crippen molar-refractivity contribution in [1.82, 2.24) is 9.88 Å². The molecule has 2 heterocycles. The monoisotopic (exact) mass is 479 g/mol. The van der Waals surface area contributed by atoms with Crippen LogP contribution in [-0.2, 0) is 34.3 Å². The van der Waals surface area contributed by atoms with Gasteiger partial charge in [0, 0.05) is 38.0 Å². The van der Waals surface area contributed by atoms with Crippen molar-refractivity contribution in [2.45, 2.75) is 71.1 Å². The van der Waals surface area contributed by atoms with E-state index in [4.69, 9.17) is 14.5 Å². The average Bonchev–Trinajstić information content (AvgIpc) is 3.29. The predicted molar refractivity (Wildman–Crippen MR) is 137 cm³/mol. The molecule has 0 saturated heterocycles. The molecule has 7 heteroatoms. The van der Waals surface area contributed by atoms with Gasteiger partial charge in [-0.1, -0.05) is 19.1 Å². The molecule has 1 aliphatic carbocycles. The number of aromatic nitrogens is 1. The van der Waals surface area contributed by atoms with E-state index in [-0.39, 0.29) is 30.2 Å². The van der Waals surface area contributed by atoms with Gasteiger partial charge in [-0.15, -0.1) is 0 Å². The van der Waals surface area contributed by atoms with Gasteiger partial charge in [0.2, 0.25) is 0 Å². The van der Waals surface area contributed by atoms with Crippen molar-refractivity contribution >= 4 is 17.4 Å². The molecule has 0 bridgehead atoms. The number of methoxy groups -OCH3 is 1. The number of carbonyl (C=O) groups is 1. The summed E-state index contributed by atoms with van der Waals surface area (Å²) in [6.07, 6.45) is 7.99. The summed E-state index contributed by atoms with van der Waals surface area (Å²) in [5.74, 6) is 0.0324. The number of pyridine rings is 1. The van der Waals surface area contributed by atoms with Crippen LogP contribution in [0.2, 0.25) is 0 Å². The van der Waals surface area contributed by atoms with Gasteiger partial charge in [0.25, 0.3) is 5.56 Å². The van der Waals surface area contributed by atoms with Crippen LogP contribution in [-0.4, -0.2) is 42.1 Å². The molecule has 1 aliphatic heterocycles. The molecule has 0 amide bonds. The van der Waals surface area contributed by atoms with Gasteiger partial charge in [-0.2, -0.15) is 0 Å². The Hall–Kier alpha value is -2.77. The fourth-order valence-corrected chi connectivity index (χ4v) is 5.02. The van der Waals surface area contributed by atoms with Gasteiger partial charge in [-0.3, -0.25) is 19.9 Å². The summed E-state index contributed by atoms with van der Waals surface area (Å²) in [5, 5.41) is 3.32. The third-order valence-electron chi connectivity index (χ3n) is 7.12. The number of aliphatic imine (C=N–C) groups is 1. The SMILES string of the molecule is COC[C@H](NCc1ccc2c(c1)N=C(c1cc(C)c(=O)n(C)c1)C(C)CC2)C(=O)OC1CCCC1. The van der Waals surface area contributed by atoms with Crippen LogP contribution in [0.5, 0.6) is 0 Å². The highest BCUT2D eigenvalue weighted by Crippen LogP contribution is 2.30. The van der Waals surface area contributed by atoms with Gasteiger partial charge >= 0.3 is 5.97 Å². The summed E-state index contributed by atoms with van der Waals surface area (Å²) in [7, 11) is 3.38. The van der Waals surface area contributed by atoms with Crippen LogP contribution in [0.25, 0.3) is 0 Å². The number of esters is 1. The lowest BCUT2D eigenvalue weighted by Crippen LogP contribution is -2.42. The fourth-order valence-electron chi connectivity index (χ4n) is 5.02. The molecule has 4 rings (SSSR count). The minimum atomic E-state index is -0.507. The van der Waals surface area contributed by atoms with Crippen molar-refractivity contribution in [2.24, 2.45) is 18.0 Å². The standard InChI is InChI=1S/C28H37N3O4/c1-18-9-11-21-12-10-20(15-29-25(17-34-4)28(33)35-23-7-5-6-8-23)14-24(21)30-26(18)22-13-19(2)27(32)31(3)16-22/h10,12-14,16,18,23,25,29H,5-9,11,15,17H2,1-4H3/t18?,25-/m0/s1. The first-order valence-corrected chi connectivity index (χ1v) is 12.7. The number of ether oxygens (including phenoxy) is 2. The van der Waals surface area contributed by atoms with E-state index in [9.17, 15) is 9.59 Å². The van der Waals surface area contributed by atoms with Gasteiger partial charge in [0.15, 0.2) is 0 Å². The zero-order valence-electron chi connectivity index (χ0n) is 21.3. The second-order valence-electron chi connectivity index (χ2n) is 9.96. The highest BCUT2D eigenvalue weighted by atomic mass is 16.5. The van der Waals surface area contributed by atoms with Gasteiger partial charge in [0.1, 0.15) is 12.1 Å². The Labute approximate surface area is 207 Å². The molecular weight excluding hydrogens is 442 g/mol. The lowest BCUT2D eigenvalue weighted by atomic mass is 9.94. The second kappa shape index (κ2) is 11.3. The Bertz CT molecular complexity index is 1120. The molecule has 1 unspecified atom stereocenters. The van der Waals surface area contributed by atoms with Crippen molar-refractivity contribution in [3.63, 3.8) is 0 Å².